The highest BCUT2D eigenvalue weighted by molar-refractivity contribution is 5.93. The Morgan fingerprint density at radius 3 is 2.59 bits per heavy atom. The lowest BCUT2D eigenvalue weighted by Crippen LogP contribution is -2.07. The summed E-state index contributed by atoms with van der Waals surface area (Å²) in [5, 5.41) is 0. The lowest BCUT2D eigenvalue weighted by atomic mass is 10.1. The highest BCUT2D eigenvalue weighted by atomic mass is 16.5. The zero-order chi connectivity index (χ0) is 15.8. The van der Waals surface area contributed by atoms with Crippen LogP contribution in [0.25, 0.3) is 6.08 Å². The van der Waals surface area contributed by atoms with Gasteiger partial charge in [-0.2, -0.15) is 0 Å². The van der Waals surface area contributed by atoms with Crippen LogP contribution in [0.3, 0.4) is 0 Å². The number of aldehydes is 1. The number of ether oxygens (including phenoxy) is 2. The maximum Gasteiger partial charge on any atom is 0.342 e. The second-order valence-electron chi connectivity index (χ2n) is 4.52. The molecule has 2 rings (SSSR count). The smallest absolute Gasteiger partial charge is 0.342 e. The molecule has 4 heteroatoms. The van der Waals surface area contributed by atoms with Gasteiger partial charge in [-0.15, -0.1) is 0 Å². The number of hydrogen-bond acceptors (Lipinski definition) is 4. The van der Waals surface area contributed by atoms with Gasteiger partial charge in [0.15, 0.2) is 0 Å². The highest BCUT2D eigenvalue weighted by Gasteiger charge is 2.14. The summed E-state index contributed by atoms with van der Waals surface area (Å²) in [6.45, 7) is 0.192. The Labute approximate surface area is 129 Å². The minimum atomic E-state index is -0.470. The molecule has 0 N–H and O–H groups in total. The summed E-state index contributed by atoms with van der Waals surface area (Å²) in [6, 6.07) is 14.5. The van der Waals surface area contributed by atoms with Crippen LogP contribution < -0.4 is 4.74 Å². The van der Waals surface area contributed by atoms with E-state index in [9.17, 15) is 9.59 Å². The predicted octanol–water partition coefficient (Wildman–Crippen LogP) is 3.26. The lowest BCUT2D eigenvalue weighted by molar-refractivity contribution is -0.104. The lowest BCUT2D eigenvalue weighted by Gasteiger charge is -2.10. The van der Waals surface area contributed by atoms with E-state index in [1.807, 2.05) is 30.3 Å². The zero-order valence-electron chi connectivity index (χ0n) is 12.2. The molecule has 0 unspecified atom stereocenters. The number of allylic oxidation sites excluding steroid dienone is 1. The van der Waals surface area contributed by atoms with Crippen LogP contribution in [0.2, 0.25) is 0 Å². The van der Waals surface area contributed by atoms with Crippen molar-refractivity contribution in [3.63, 3.8) is 0 Å². The Morgan fingerprint density at radius 2 is 1.91 bits per heavy atom. The molecule has 2 aromatic rings. The predicted molar refractivity (Wildman–Crippen MR) is 83.7 cm³/mol. The van der Waals surface area contributed by atoms with Crippen molar-refractivity contribution in [2.45, 2.75) is 6.61 Å². The van der Waals surface area contributed by atoms with Gasteiger partial charge >= 0.3 is 5.97 Å². The molecule has 4 nitrogen and oxygen atoms in total. The van der Waals surface area contributed by atoms with E-state index in [1.54, 1.807) is 24.3 Å². The minimum Gasteiger partial charge on any atom is -0.496 e. The van der Waals surface area contributed by atoms with Crippen molar-refractivity contribution in [3.05, 3.63) is 71.3 Å². The third-order valence-electron chi connectivity index (χ3n) is 3.02. The van der Waals surface area contributed by atoms with Crippen molar-refractivity contribution in [1.29, 1.82) is 0 Å². The average Bonchev–Trinajstić information content (AvgIpc) is 2.58. The molecule has 0 aliphatic rings. The fourth-order valence-electron chi connectivity index (χ4n) is 1.94. The standard InChI is InChI=1S/C18H16O4/c1-21-17-10-9-14(8-5-11-19)12-16(17)18(20)22-13-15-6-3-2-4-7-15/h2-12H,13H2,1H3. The van der Waals surface area contributed by atoms with Crippen molar-refractivity contribution in [3.8, 4) is 5.75 Å². The van der Waals surface area contributed by atoms with Crippen LogP contribution in [-0.2, 0) is 16.1 Å². The molecule has 0 fully saturated rings. The monoisotopic (exact) mass is 296 g/mol. The molecule has 112 valence electrons. The number of carbonyl (C=O) groups excluding carboxylic acids is 2. The van der Waals surface area contributed by atoms with Crippen LogP contribution >= 0.6 is 0 Å². The van der Waals surface area contributed by atoms with Crippen molar-refractivity contribution in [2.75, 3.05) is 7.11 Å². The molecule has 0 amide bonds. The summed E-state index contributed by atoms with van der Waals surface area (Å²) < 4.78 is 10.5. The Balaban J connectivity index is 2.16. The first-order chi connectivity index (χ1) is 10.7. The highest BCUT2D eigenvalue weighted by Crippen LogP contribution is 2.22. The van der Waals surface area contributed by atoms with Crippen molar-refractivity contribution in [1.82, 2.24) is 0 Å². The molecule has 0 saturated heterocycles. The number of methoxy groups -OCH3 is 1. The number of esters is 1. The van der Waals surface area contributed by atoms with E-state index in [4.69, 9.17) is 9.47 Å². The molecule has 2 aromatic carbocycles. The van der Waals surface area contributed by atoms with Crippen molar-refractivity contribution in [2.24, 2.45) is 0 Å². The van der Waals surface area contributed by atoms with E-state index >= 15 is 0 Å². The Hall–Kier alpha value is -2.88. The van der Waals surface area contributed by atoms with E-state index in [-0.39, 0.29) is 6.61 Å². The molecule has 0 saturated carbocycles. The van der Waals surface area contributed by atoms with Gasteiger partial charge in [0.25, 0.3) is 0 Å². The zero-order valence-corrected chi connectivity index (χ0v) is 12.2. The van der Waals surface area contributed by atoms with Gasteiger partial charge in [-0.25, -0.2) is 4.79 Å². The number of hydrogen-bond donors (Lipinski definition) is 0. The van der Waals surface area contributed by atoms with Gasteiger partial charge in [-0.1, -0.05) is 42.5 Å². The largest absolute Gasteiger partial charge is 0.496 e. The SMILES string of the molecule is COc1ccc(C=CC=O)cc1C(=O)OCc1ccccc1. The van der Waals surface area contributed by atoms with E-state index in [0.29, 0.717) is 17.6 Å². The fraction of sp³-hybridized carbons (Fsp3) is 0.111. The van der Waals surface area contributed by atoms with Crippen LogP contribution in [0.4, 0.5) is 0 Å². The first kappa shape index (κ1) is 15.5. The molecule has 0 heterocycles. The van der Waals surface area contributed by atoms with Gasteiger partial charge in [0.2, 0.25) is 0 Å². The summed E-state index contributed by atoms with van der Waals surface area (Å²) in [5.41, 5.74) is 1.96. The third kappa shape index (κ3) is 4.06. The van der Waals surface area contributed by atoms with Crippen molar-refractivity contribution < 1.29 is 19.1 Å². The normalized spacial score (nSPS) is 10.4. The van der Waals surface area contributed by atoms with E-state index in [1.165, 1.54) is 13.2 Å². The molecule has 22 heavy (non-hydrogen) atoms. The van der Waals surface area contributed by atoms with Crippen LogP contribution in [0.5, 0.6) is 5.75 Å². The summed E-state index contributed by atoms with van der Waals surface area (Å²) in [6.07, 6.45) is 3.65. The summed E-state index contributed by atoms with van der Waals surface area (Å²) in [4.78, 5) is 22.6. The second-order valence-corrected chi connectivity index (χ2v) is 4.52. The van der Waals surface area contributed by atoms with Gasteiger partial charge < -0.3 is 9.47 Å². The van der Waals surface area contributed by atoms with Gasteiger partial charge in [-0.05, 0) is 29.3 Å². The maximum absolute atomic E-state index is 12.2. The van der Waals surface area contributed by atoms with Crippen LogP contribution in [0, 0.1) is 0 Å². The number of carbonyl (C=O) groups is 2. The molecule has 0 spiro atoms. The first-order valence-corrected chi connectivity index (χ1v) is 6.75. The Kier molecular flexibility index (Phi) is 5.49. The van der Waals surface area contributed by atoms with Crippen LogP contribution in [-0.4, -0.2) is 19.4 Å². The van der Waals surface area contributed by atoms with Gasteiger partial charge in [0.1, 0.15) is 24.2 Å². The quantitative estimate of drug-likeness (QED) is 0.466. The molecule has 0 radical (unpaired) electrons. The molecule has 0 aliphatic heterocycles. The summed E-state index contributed by atoms with van der Waals surface area (Å²) in [7, 11) is 1.49. The van der Waals surface area contributed by atoms with Gasteiger partial charge in [-0.3, -0.25) is 4.79 Å². The van der Waals surface area contributed by atoms with Crippen molar-refractivity contribution >= 4 is 18.3 Å². The second kappa shape index (κ2) is 7.78. The van der Waals surface area contributed by atoms with E-state index in [2.05, 4.69) is 0 Å². The molecule has 0 atom stereocenters. The topological polar surface area (TPSA) is 52.6 Å². The van der Waals surface area contributed by atoms with Gasteiger partial charge in [0.05, 0.1) is 7.11 Å². The average molecular weight is 296 g/mol. The van der Waals surface area contributed by atoms with E-state index < -0.39 is 5.97 Å². The van der Waals surface area contributed by atoms with Crippen LogP contribution in [0.1, 0.15) is 21.5 Å². The minimum absolute atomic E-state index is 0.192. The number of rotatable bonds is 6. The summed E-state index contributed by atoms with van der Waals surface area (Å²) >= 11 is 0. The molecule has 0 bridgehead atoms. The fourth-order valence-corrected chi connectivity index (χ4v) is 1.94. The maximum atomic E-state index is 12.2. The van der Waals surface area contributed by atoms with E-state index in [0.717, 1.165) is 11.1 Å². The first-order valence-electron chi connectivity index (χ1n) is 6.75. The Morgan fingerprint density at radius 1 is 1.14 bits per heavy atom. The molecule has 0 aromatic heterocycles. The molecular formula is C18H16O4. The molecule has 0 aliphatic carbocycles. The van der Waals surface area contributed by atoms with Crippen LogP contribution in [0.15, 0.2) is 54.6 Å². The number of benzene rings is 2. The van der Waals surface area contributed by atoms with Gasteiger partial charge in [0, 0.05) is 0 Å². The summed E-state index contributed by atoms with van der Waals surface area (Å²) in [5.74, 6) is -0.0385. The third-order valence-corrected chi connectivity index (χ3v) is 3.02. The molecular weight excluding hydrogens is 280 g/mol. The Bertz CT molecular complexity index is 675.